The van der Waals surface area contributed by atoms with Gasteiger partial charge in [-0.05, 0) is 54.6 Å². The molecule has 0 unspecified atom stereocenters. The van der Waals surface area contributed by atoms with Gasteiger partial charge in [0, 0.05) is 30.7 Å². The van der Waals surface area contributed by atoms with Crippen molar-refractivity contribution >= 4 is 28.8 Å². The first-order valence-electron chi connectivity index (χ1n) is 11.1. The number of hydrogen-bond acceptors (Lipinski definition) is 6. The van der Waals surface area contributed by atoms with Gasteiger partial charge in [0.15, 0.2) is 0 Å². The van der Waals surface area contributed by atoms with E-state index in [-0.39, 0.29) is 11.3 Å². The Bertz CT molecular complexity index is 1180. The second kappa shape index (κ2) is 10.7. The summed E-state index contributed by atoms with van der Waals surface area (Å²) in [4.78, 5) is 28.1. The predicted molar refractivity (Wildman–Crippen MR) is 132 cm³/mol. The number of rotatable bonds is 9. The summed E-state index contributed by atoms with van der Waals surface area (Å²) in [5, 5.41) is 13.0. The van der Waals surface area contributed by atoms with E-state index in [1.165, 1.54) is 21.8 Å². The number of aliphatic hydroxyl groups excluding tert-OH is 1. The van der Waals surface area contributed by atoms with Gasteiger partial charge in [0.05, 0.1) is 11.6 Å². The first-order chi connectivity index (χ1) is 16.5. The van der Waals surface area contributed by atoms with E-state index in [4.69, 9.17) is 9.47 Å². The Morgan fingerprint density at radius 1 is 1.09 bits per heavy atom. The standard InChI is InChI=1S/C27H27NO5S/c1-18-6-3-7-19(16-18)17-33-21-11-9-20(10-12-21)25(29)23-24(22-8-4-15-34-22)28(13-5-14-32-2)27(31)26(23)30/h3-4,6-12,15-16,24,29H,5,13-14,17H2,1-2H3/b25-23+/t24-/m1/s1. The van der Waals surface area contributed by atoms with E-state index >= 15 is 0 Å². The fraction of sp³-hybridized carbons (Fsp3) is 0.259. The highest BCUT2D eigenvalue weighted by atomic mass is 32.1. The van der Waals surface area contributed by atoms with Crippen LogP contribution in [0.1, 0.15) is 34.0 Å². The molecule has 0 saturated carbocycles. The normalized spacial score (nSPS) is 17.4. The van der Waals surface area contributed by atoms with Crippen molar-refractivity contribution in [3.05, 3.63) is 93.2 Å². The van der Waals surface area contributed by atoms with Crippen LogP contribution in [0.5, 0.6) is 5.75 Å². The van der Waals surface area contributed by atoms with Crippen molar-refractivity contribution in [2.24, 2.45) is 0 Å². The lowest BCUT2D eigenvalue weighted by molar-refractivity contribution is -0.140. The molecular weight excluding hydrogens is 450 g/mol. The molecular formula is C27H27NO5S. The van der Waals surface area contributed by atoms with Crippen LogP contribution < -0.4 is 4.74 Å². The molecule has 2 aromatic carbocycles. The van der Waals surface area contributed by atoms with Crippen LogP contribution in [0.3, 0.4) is 0 Å². The fourth-order valence-corrected chi connectivity index (χ4v) is 4.91. The summed E-state index contributed by atoms with van der Waals surface area (Å²) in [6.45, 7) is 3.30. The zero-order chi connectivity index (χ0) is 24.1. The molecule has 7 heteroatoms. The maximum Gasteiger partial charge on any atom is 0.295 e. The molecule has 2 heterocycles. The van der Waals surface area contributed by atoms with Crippen molar-refractivity contribution < 1.29 is 24.2 Å². The number of carbonyl (C=O) groups is 2. The molecule has 6 nitrogen and oxygen atoms in total. The molecule has 0 aliphatic carbocycles. The molecule has 1 fully saturated rings. The Morgan fingerprint density at radius 3 is 2.56 bits per heavy atom. The summed E-state index contributed by atoms with van der Waals surface area (Å²) in [6, 6.07) is 18.1. The minimum absolute atomic E-state index is 0.110. The monoisotopic (exact) mass is 477 g/mol. The first kappa shape index (κ1) is 23.7. The van der Waals surface area contributed by atoms with Gasteiger partial charge in [0.2, 0.25) is 0 Å². The van der Waals surface area contributed by atoms with E-state index in [0.29, 0.717) is 37.5 Å². The SMILES string of the molecule is COCCCN1C(=O)C(=O)/C(=C(/O)c2ccc(OCc3cccc(C)c3)cc2)[C@H]1c1cccs1. The van der Waals surface area contributed by atoms with E-state index in [2.05, 4.69) is 6.07 Å². The summed E-state index contributed by atoms with van der Waals surface area (Å²) >= 11 is 1.45. The van der Waals surface area contributed by atoms with Crippen molar-refractivity contribution in [3.8, 4) is 5.75 Å². The van der Waals surface area contributed by atoms with Crippen LogP contribution in [0.4, 0.5) is 0 Å². The summed E-state index contributed by atoms with van der Waals surface area (Å²) in [6.07, 6.45) is 0.596. The lowest BCUT2D eigenvalue weighted by Gasteiger charge is -2.24. The van der Waals surface area contributed by atoms with Crippen molar-refractivity contribution in [3.63, 3.8) is 0 Å². The Balaban J connectivity index is 1.59. The number of carbonyl (C=O) groups excluding carboxylic acids is 2. The van der Waals surface area contributed by atoms with Gasteiger partial charge in [-0.25, -0.2) is 0 Å². The number of Topliss-reactive ketones (excluding diaryl/α,β-unsaturated/α-hetero) is 1. The molecule has 1 saturated heterocycles. The van der Waals surface area contributed by atoms with Gasteiger partial charge >= 0.3 is 0 Å². The largest absolute Gasteiger partial charge is 0.507 e. The van der Waals surface area contributed by atoms with Crippen LogP contribution in [0.25, 0.3) is 5.76 Å². The molecule has 1 aliphatic rings. The quantitative estimate of drug-likeness (QED) is 0.201. The first-order valence-corrected chi connectivity index (χ1v) is 12.0. The molecule has 1 atom stereocenters. The molecule has 1 amide bonds. The lowest BCUT2D eigenvalue weighted by atomic mass is 10.00. The molecule has 1 aliphatic heterocycles. The number of likely N-dealkylation sites (tertiary alicyclic amines) is 1. The van der Waals surface area contributed by atoms with Crippen LogP contribution in [0, 0.1) is 6.92 Å². The molecule has 1 aromatic heterocycles. The number of nitrogens with zero attached hydrogens (tertiary/aromatic N) is 1. The van der Waals surface area contributed by atoms with Crippen LogP contribution in [-0.2, 0) is 20.9 Å². The number of aliphatic hydroxyl groups is 1. The van der Waals surface area contributed by atoms with Gasteiger partial charge in [0.1, 0.15) is 18.1 Å². The van der Waals surface area contributed by atoms with Crippen LogP contribution in [0.15, 0.2) is 71.6 Å². The lowest BCUT2D eigenvalue weighted by Crippen LogP contribution is -2.31. The number of aryl methyl sites for hydroxylation is 1. The van der Waals surface area contributed by atoms with Crippen molar-refractivity contribution in [2.75, 3.05) is 20.3 Å². The summed E-state index contributed by atoms with van der Waals surface area (Å²) in [5.41, 5.74) is 2.80. The number of methoxy groups -OCH3 is 1. The molecule has 34 heavy (non-hydrogen) atoms. The van der Waals surface area contributed by atoms with E-state index in [1.807, 2.05) is 42.6 Å². The van der Waals surface area contributed by atoms with Gasteiger partial charge in [-0.1, -0.05) is 35.9 Å². The van der Waals surface area contributed by atoms with Crippen molar-refractivity contribution in [2.45, 2.75) is 26.0 Å². The maximum atomic E-state index is 13.0. The highest BCUT2D eigenvalue weighted by Gasteiger charge is 2.46. The molecule has 4 rings (SSSR count). The third-order valence-electron chi connectivity index (χ3n) is 5.72. The summed E-state index contributed by atoms with van der Waals surface area (Å²) in [7, 11) is 1.60. The highest BCUT2D eigenvalue weighted by molar-refractivity contribution is 7.10. The minimum atomic E-state index is -0.673. The third-order valence-corrected chi connectivity index (χ3v) is 6.64. The van der Waals surface area contributed by atoms with E-state index in [9.17, 15) is 14.7 Å². The molecule has 1 N–H and O–H groups in total. The summed E-state index contributed by atoms with van der Waals surface area (Å²) < 4.78 is 11.0. The average molecular weight is 478 g/mol. The second-order valence-electron chi connectivity index (χ2n) is 8.16. The Morgan fingerprint density at radius 2 is 1.88 bits per heavy atom. The smallest absolute Gasteiger partial charge is 0.295 e. The predicted octanol–water partition coefficient (Wildman–Crippen LogP) is 5.09. The molecule has 0 spiro atoms. The number of ether oxygens (including phenoxy) is 2. The molecule has 0 radical (unpaired) electrons. The number of ketones is 1. The number of benzene rings is 2. The number of hydrogen-bond donors (Lipinski definition) is 1. The summed E-state index contributed by atoms with van der Waals surface area (Å²) in [5.74, 6) is -0.814. The zero-order valence-corrected chi connectivity index (χ0v) is 20.0. The second-order valence-corrected chi connectivity index (χ2v) is 9.14. The zero-order valence-electron chi connectivity index (χ0n) is 19.2. The molecule has 3 aromatic rings. The number of thiophene rings is 1. The van der Waals surface area contributed by atoms with Crippen LogP contribution in [0.2, 0.25) is 0 Å². The van der Waals surface area contributed by atoms with E-state index in [0.717, 1.165) is 10.4 Å². The topological polar surface area (TPSA) is 76.1 Å². The van der Waals surface area contributed by atoms with Crippen molar-refractivity contribution in [1.29, 1.82) is 0 Å². The average Bonchev–Trinajstić information content (AvgIpc) is 3.45. The number of amides is 1. The molecule has 176 valence electrons. The Hall–Kier alpha value is -3.42. The Labute approximate surface area is 203 Å². The maximum absolute atomic E-state index is 13.0. The van der Waals surface area contributed by atoms with Crippen LogP contribution in [-0.4, -0.2) is 42.0 Å². The van der Waals surface area contributed by atoms with Crippen LogP contribution >= 0.6 is 11.3 Å². The molecule has 0 bridgehead atoms. The minimum Gasteiger partial charge on any atom is -0.507 e. The van der Waals surface area contributed by atoms with Gasteiger partial charge in [0.25, 0.3) is 11.7 Å². The van der Waals surface area contributed by atoms with Gasteiger partial charge < -0.3 is 19.5 Å². The highest BCUT2D eigenvalue weighted by Crippen LogP contribution is 2.41. The van der Waals surface area contributed by atoms with Gasteiger partial charge in [-0.3, -0.25) is 9.59 Å². The Kier molecular flexibility index (Phi) is 7.45. The fourth-order valence-electron chi connectivity index (χ4n) is 4.07. The third kappa shape index (κ3) is 5.05. The van der Waals surface area contributed by atoms with E-state index in [1.54, 1.807) is 31.4 Å². The van der Waals surface area contributed by atoms with Gasteiger partial charge in [-0.2, -0.15) is 0 Å². The van der Waals surface area contributed by atoms with Crippen molar-refractivity contribution in [1.82, 2.24) is 4.90 Å². The van der Waals surface area contributed by atoms with E-state index < -0.39 is 17.7 Å². The van der Waals surface area contributed by atoms with Gasteiger partial charge in [-0.15, -0.1) is 11.3 Å².